The second kappa shape index (κ2) is 5.59. The van der Waals surface area contributed by atoms with E-state index >= 15 is 0 Å². The van der Waals surface area contributed by atoms with Crippen LogP contribution in [0, 0.1) is 20.8 Å². The number of carbonyl (C=O) groups is 1. The molecule has 0 amide bonds. The Bertz CT molecular complexity index is 640. The zero-order valence-electron chi connectivity index (χ0n) is 11.1. The van der Waals surface area contributed by atoms with Gasteiger partial charge in [-0.3, -0.25) is 4.79 Å². The molecule has 0 aliphatic rings. The minimum Gasteiger partial charge on any atom is -0.289 e. The van der Waals surface area contributed by atoms with Gasteiger partial charge in [0.2, 0.25) is 0 Å². The maximum absolute atomic E-state index is 12.6. The lowest BCUT2D eigenvalue weighted by Crippen LogP contribution is -2.04. The first-order valence-electron chi connectivity index (χ1n) is 5.97. The van der Waals surface area contributed by atoms with Crippen molar-refractivity contribution >= 4 is 37.6 Å². The second-order valence-corrected chi connectivity index (χ2v) is 6.50. The molecule has 1 nitrogen and oxygen atoms in total. The van der Waals surface area contributed by atoms with Crippen LogP contribution in [0.4, 0.5) is 0 Å². The molecule has 0 heterocycles. The van der Waals surface area contributed by atoms with Crippen LogP contribution in [0.2, 0.25) is 0 Å². The maximum Gasteiger partial charge on any atom is 0.194 e. The number of halogens is 2. The maximum atomic E-state index is 12.6. The molecule has 0 atom stereocenters. The van der Waals surface area contributed by atoms with Crippen LogP contribution in [0.1, 0.15) is 32.6 Å². The molecule has 0 aliphatic heterocycles. The van der Waals surface area contributed by atoms with Crippen molar-refractivity contribution in [2.45, 2.75) is 20.8 Å². The summed E-state index contributed by atoms with van der Waals surface area (Å²) in [6.07, 6.45) is 0. The molecule has 0 radical (unpaired) electrons. The van der Waals surface area contributed by atoms with E-state index in [9.17, 15) is 4.79 Å². The van der Waals surface area contributed by atoms with E-state index < -0.39 is 0 Å². The number of carbonyl (C=O) groups excluding carboxylic acids is 1. The van der Waals surface area contributed by atoms with Gasteiger partial charge < -0.3 is 0 Å². The summed E-state index contributed by atoms with van der Waals surface area (Å²) in [6, 6.07) is 9.75. The molecule has 0 fully saturated rings. The van der Waals surface area contributed by atoms with Gasteiger partial charge in [-0.1, -0.05) is 49.1 Å². The van der Waals surface area contributed by atoms with Crippen LogP contribution in [0.3, 0.4) is 0 Å². The average molecular weight is 382 g/mol. The first-order chi connectivity index (χ1) is 8.88. The number of rotatable bonds is 2. The van der Waals surface area contributed by atoms with Gasteiger partial charge in [0.1, 0.15) is 0 Å². The van der Waals surface area contributed by atoms with Crippen molar-refractivity contribution in [3.05, 3.63) is 67.1 Å². The van der Waals surface area contributed by atoms with Crippen LogP contribution < -0.4 is 0 Å². The van der Waals surface area contributed by atoms with Gasteiger partial charge in [0.25, 0.3) is 0 Å². The lowest BCUT2D eigenvalue weighted by Gasteiger charge is -2.08. The fourth-order valence-electron chi connectivity index (χ4n) is 2.08. The molecular weight excluding hydrogens is 368 g/mol. The minimum absolute atomic E-state index is 0.0411. The summed E-state index contributed by atoms with van der Waals surface area (Å²) in [5.41, 5.74) is 4.72. The average Bonchev–Trinajstić information content (AvgIpc) is 2.31. The van der Waals surface area contributed by atoms with Crippen LogP contribution in [0.5, 0.6) is 0 Å². The summed E-state index contributed by atoms with van der Waals surface area (Å²) in [7, 11) is 0. The van der Waals surface area contributed by atoms with E-state index in [1.165, 1.54) is 0 Å². The molecule has 2 rings (SSSR count). The summed E-state index contributed by atoms with van der Waals surface area (Å²) in [5, 5.41) is 0. The molecule has 19 heavy (non-hydrogen) atoms. The zero-order valence-corrected chi connectivity index (χ0v) is 14.2. The Morgan fingerprint density at radius 1 is 0.842 bits per heavy atom. The molecule has 2 aromatic carbocycles. The molecule has 0 unspecified atom stereocenters. The predicted octanol–water partition coefficient (Wildman–Crippen LogP) is 5.37. The number of hydrogen-bond donors (Lipinski definition) is 0. The summed E-state index contributed by atoms with van der Waals surface area (Å²) in [4.78, 5) is 12.6. The van der Waals surface area contributed by atoms with E-state index in [1.54, 1.807) is 0 Å². The highest BCUT2D eigenvalue weighted by Gasteiger charge is 2.15. The van der Waals surface area contributed by atoms with Gasteiger partial charge in [0.15, 0.2) is 5.78 Å². The third-order valence-corrected chi connectivity index (χ3v) is 4.49. The largest absolute Gasteiger partial charge is 0.289 e. The van der Waals surface area contributed by atoms with E-state index in [4.69, 9.17) is 0 Å². The Morgan fingerprint density at radius 2 is 1.42 bits per heavy atom. The fraction of sp³-hybridized carbons (Fsp3) is 0.188. The van der Waals surface area contributed by atoms with E-state index in [2.05, 4.69) is 37.9 Å². The smallest absolute Gasteiger partial charge is 0.194 e. The highest BCUT2D eigenvalue weighted by Crippen LogP contribution is 2.27. The Hall–Kier alpha value is -0.930. The third kappa shape index (κ3) is 3.15. The highest BCUT2D eigenvalue weighted by molar-refractivity contribution is 9.11. The summed E-state index contributed by atoms with van der Waals surface area (Å²) < 4.78 is 1.78. The molecule has 2 aromatic rings. The standard InChI is InChI=1S/C16H14Br2O/c1-9-4-10(2)6-12(5-9)16(19)13-8-14(17)11(3)7-15(13)18/h4-8H,1-3H3. The fourth-order valence-corrected chi connectivity index (χ4v) is 3.06. The van der Waals surface area contributed by atoms with Crippen molar-refractivity contribution in [2.75, 3.05) is 0 Å². The van der Waals surface area contributed by atoms with E-state index in [-0.39, 0.29) is 5.78 Å². The molecule has 0 saturated heterocycles. The molecule has 3 heteroatoms. The van der Waals surface area contributed by atoms with Crippen molar-refractivity contribution < 1.29 is 4.79 Å². The SMILES string of the molecule is Cc1cc(C)cc(C(=O)c2cc(Br)c(C)cc2Br)c1. The summed E-state index contributed by atoms with van der Waals surface area (Å²) in [6.45, 7) is 6.01. The third-order valence-electron chi connectivity index (χ3n) is 2.98. The van der Waals surface area contributed by atoms with Gasteiger partial charge in [0, 0.05) is 20.1 Å². The molecule has 0 aliphatic carbocycles. The minimum atomic E-state index is 0.0411. The number of benzene rings is 2. The quantitative estimate of drug-likeness (QED) is 0.639. The highest BCUT2D eigenvalue weighted by atomic mass is 79.9. The lowest BCUT2D eigenvalue weighted by atomic mass is 9.99. The number of hydrogen-bond acceptors (Lipinski definition) is 1. The van der Waals surface area contributed by atoms with Crippen LogP contribution >= 0.6 is 31.9 Å². The normalized spacial score (nSPS) is 10.6. The van der Waals surface area contributed by atoms with Crippen LogP contribution in [0.15, 0.2) is 39.3 Å². The van der Waals surface area contributed by atoms with Crippen molar-refractivity contribution in [2.24, 2.45) is 0 Å². The number of aryl methyl sites for hydroxylation is 3. The molecule has 0 bridgehead atoms. The van der Waals surface area contributed by atoms with Gasteiger partial charge in [-0.15, -0.1) is 0 Å². The zero-order chi connectivity index (χ0) is 14.2. The molecule has 0 aromatic heterocycles. The Balaban J connectivity index is 2.53. The van der Waals surface area contributed by atoms with E-state index in [1.807, 2.05) is 45.0 Å². The van der Waals surface area contributed by atoms with Crippen LogP contribution in [-0.2, 0) is 0 Å². The first-order valence-corrected chi connectivity index (χ1v) is 7.55. The Morgan fingerprint density at radius 3 is 2.00 bits per heavy atom. The van der Waals surface area contributed by atoms with Gasteiger partial charge in [-0.2, -0.15) is 0 Å². The molecule has 0 spiro atoms. The van der Waals surface area contributed by atoms with Gasteiger partial charge in [-0.25, -0.2) is 0 Å². The van der Waals surface area contributed by atoms with E-state index in [0.717, 1.165) is 31.2 Å². The topological polar surface area (TPSA) is 17.1 Å². The second-order valence-electron chi connectivity index (χ2n) is 4.79. The van der Waals surface area contributed by atoms with Crippen LogP contribution in [0.25, 0.3) is 0 Å². The monoisotopic (exact) mass is 380 g/mol. The van der Waals surface area contributed by atoms with Crippen molar-refractivity contribution in [1.29, 1.82) is 0 Å². The Kier molecular flexibility index (Phi) is 4.26. The van der Waals surface area contributed by atoms with Gasteiger partial charge in [-0.05, 0) is 50.6 Å². The summed E-state index contributed by atoms with van der Waals surface area (Å²) >= 11 is 6.95. The van der Waals surface area contributed by atoms with Crippen molar-refractivity contribution in [3.8, 4) is 0 Å². The van der Waals surface area contributed by atoms with Gasteiger partial charge in [0.05, 0.1) is 0 Å². The van der Waals surface area contributed by atoms with Crippen molar-refractivity contribution in [1.82, 2.24) is 0 Å². The van der Waals surface area contributed by atoms with Crippen LogP contribution in [-0.4, -0.2) is 5.78 Å². The summed E-state index contributed by atoms with van der Waals surface area (Å²) in [5.74, 6) is 0.0411. The molecule has 0 N–H and O–H groups in total. The van der Waals surface area contributed by atoms with E-state index in [0.29, 0.717) is 5.56 Å². The first kappa shape index (κ1) is 14.5. The molecule has 98 valence electrons. The lowest BCUT2D eigenvalue weighted by molar-refractivity contribution is 0.103. The molecule has 0 saturated carbocycles. The Labute approximate surface area is 130 Å². The van der Waals surface area contributed by atoms with Crippen molar-refractivity contribution in [3.63, 3.8) is 0 Å². The molecular formula is C16H14Br2O. The number of ketones is 1. The van der Waals surface area contributed by atoms with Gasteiger partial charge >= 0.3 is 0 Å². The predicted molar refractivity (Wildman–Crippen MR) is 85.9 cm³/mol.